The molecule has 0 saturated heterocycles. The van der Waals surface area contributed by atoms with Gasteiger partial charge in [0.2, 0.25) is 0 Å². The Morgan fingerprint density at radius 1 is 1.41 bits per heavy atom. The maximum atomic E-state index is 12.3. The number of aromatic nitrogens is 4. The summed E-state index contributed by atoms with van der Waals surface area (Å²) in [4.78, 5) is 16.7. The van der Waals surface area contributed by atoms with Gasteiger partial charge in [-0.1, -0.05) is 17.7 Å². The van der Waals surface area contributed by atoms with E-state index in [9.17, 15) is 4.79 Å². The third-order valence-corrected chi connectivity index (χ3v) is 4.05. The minimum atomic E-state index is -0.254. The number of carbonyl (C=O) groups is 1. The van der Waals surface area contributed by atoms with Gasteiger partial charge in [-0.05, 0) is 25.5 Å². The van der Waals surface area contributed by atoms with Gasteiger partial charge < -0.3 is 9.72 Å². The van der Waals surface area contributed by atoms with Crippen molar-refractivity contribution in [2.75, 3.05) is 0 Å². The Morgan fingerprint density at radius 2 is 2.18 bits per heavy atom. The number of carbonyl (C=O) groups excluding carboxylic acids is 1. The highest BCUT2D eigenvalue weighted by Gasteiger charge is 2.18. The molecular formula is C15H16ClN5O. The van der Waals surface area contributed by atoms with Crippen LogP contribution < -0.4 is 5.32 Å². The first kappa shape index (κ1) is 14.6. The molecule has 0 aliphatic carbocycles. The molecule has 0 aliphatic heterocycles. The highest BCUT2D eigenvalue weighted by molar-refractivity contribution is 6.34. The van der Waals surface area contributed by atoms with Crippen molar-refractivity contribution in [3.8, 4) is 0 Å². The number of hydrogen-bond acceptors (Lipinski definition) is 3. The lowest BCUT2D eigenvalue weighted by molar-refractivity contribution is 0.0941. The Kier molecular flexibility index (Phi) is 3.62. The van der Waals surface area contributed by atoms with E-state index in [-0.39, 0.29) is 5.91 Å². The molecule has 0 aromatic carbocycles. The number of nitrogens with zero attached hydrogens (tertiary/aromatic N) is 4. The minimum absolute atomic E-state index is 0.254. The second-order valence-electron chi connectivity index (χ2n) is 5.19. The van der Waals surface area contributed by atoms with Crippen LogP contribution in [0.3, 0.4) is 0 Å². The summed E-state index contributed by atoms with van der Waals surface area (Å²) in [7, 11) is 1.70. The van der Waals surface area contributed by atoms with Crippen molar-refractivity contribution in [2.45, 2.75) is 20.4 Å². The van der Waals surface area contributed by atoms with E-state index in [0.717, 1.165) is 16.9 Å². The van der Waals surface area contributed by atoms with E-state index in [2.05, 4.69) is 15.4 Å². The smallest absolute Gasteiger partial charge is 0.271 e. The van der Waals surface area contributed by atoms with Crippen LogP contribution in [-0.4, -0.2) is 25.1 Å². The first-order chi connectivity index (χ1) is 10.5. The molecule has 114 valence electrons. The molecule has 3 aromatic rings. The third-order valence-electron chi connectivity index (χ3n) is 3.60. The molecule has 0 fully saturated rings. The van der Waals surface area contributed by atoms with Gasteiger partial charge in [0.25, 0.3) is 5.91 Å². The zero-order valence-electron chi connectivity index (χ0n) is 12.6. The number of halogens is 1. The molecular weight excluding hydrogens is 302 g/mol. The predicted octanol–water partition coefficient (Wildman–Crippen LogP) is 2.27. The Labute approximate surface area is 132 Å². The number of fused-ring (bicyclic) bond motifs is 1. The zero-order chi connectivity index (χ0) is 15.9. The summed E-state index contributed by atoms with van der Waals surface area (Å²) in [6.07, 6.45) is 3.69. The Balaban J connectivity index is 1.82. The average molecular weight is 318 g/mol. The molecule has 3 aromatic heterocycles. The van der Waals surface area contributed by atoms with E-state index in [1.165, 1.54) is 4.68 Å². The van der Waals surface area contributed by atoms with Crippen molar-refractivity contribution in [3.05, 3.63) is 52.2 Å². The van der Waals surface area contributed by atoms with E-state index < -0.39 is 0 Å². The fourth-order valence-corrected chi connectivity index (χ4v) is 2.71. The van der Waals surface area contributed by atoms with E-state index in [4.69, 9.17) is 11.6 Å². The molecule has 3 heterocycles. The summed E-state index contributed by atoms with van der Waals surface area (Å²) in [5.74, 6) is -0.254. The van der Waals surface area contributed by atoms with Crippen molar-refractivity contribution in [1.82, 2.24) is 24.5 Å². The molecule has 3 rings (SSSR count). The van der Waals surface area contributed by atoms with E-state index >= 15 is 0 Å². The van der Waals surface area contributed by atoms with Crippen molar-refractivity contribution >= 4 is 23.2 Å². The van der Waals surface area contributed by atoms with Gasteiger partial charge in [0, 0.05) is 13.2 Å². The van der Waals surface area contributed by atoms with Gasteiger partial charge in [-0.25, -0.2) is 4.98 Å². The van der Waals surface area contributed by atoms with E-state index in [1.807, 2.05) is 29.7 Å². The summed E-state index contributed by atoms with van der Waals surface area (Å²) in [6.45, 7) is 4.14. The molecule has 0 atom stereocenters. The predicted molar refractivity (Wildman–Crippen MR) is 84.1 cm³/mol. The fourth-order valence-electron chi connectivity index (χ4n) is 2.47. The quantitative estimate of drug-likeness (QED) is 0.806. The first-order valence-electron chi connectivity index (χ1n) is 6.88. The van der Waals surface area contributed by atoms with Crippen molar-refractivity contribution in [2.24, 2.45) is 7.05 Å². The number of amides is 1. The van der Waals surface area contributed by atoms with Gasteiger partial charge in [-0.2, -0.15) is 5.10 Å². The fraction of sp³-hybridized carbons (Fsp3) is 0.267. The highest BCUT2D eigenvalue weighted by atomic mass is 35.5. The highest BCUT2D eigenvalue weighted by Crippen LogP contribution is 2.19. The van der Waals surface area contributed by atoms with E-state index in [1.54, 1.807) is 20.2 Å². The number of hydrogen-bond donors (Lipinski definition) is 1. The maximum absolute atomic E-state index is 12.3. The molecule has 1 N–H and O–H groups in total. The maximum Gasteiger partial charge on any atom is 0.271 e. The molecule has 0 aliphatic rings. The molecule has 0 unspecified atom stereocenters. The Bertz CT molecular complexity index is 864. The normalized spacial score (nSPS) is 11.1. The largest absolute Gasteiger partial charge is 0.345 e. The van der Waals surface area contributed by atoms with Gasteiger partial charge in [0.05, 0.1) is 29.2 Å². The second kappa shape index (κ2) is 5.46. The van der Waals surface area contributed by atoms with Crippen LogP contribution in [0.1, 0.15) is 27.4 Å². The third kappa shape index (κ3) is 2.35. The molecule has 0 bridgehead atoms. The van der Waals surface area contributed by atoms with Crippen molar-refractivity contribution in [3.63, 3.8) is 0 Å². The number of rotatable bonds is 3. The average Bonchev–Trinajstić information content (AvgIpc) is 2.99. The van der Waals surface area contributed by atoms with Crippen LogP contribution in [0.5, 0.6) is 0 Å². The molecule has 7 heteroatoms. The molecule has 0 radical (unpaired) electrons. The van der Waals surface area contributed by atoms with Gasteiger partial charge in [-0.15, -0.1) is 0 Å². The lowest BCUT2D eigenvalue weighted by Gasteiger charge is -2.06. The van der Waals surface area contributed by atoms with Crippen LogP contribution in [0.25, 0.3) is 5.65 Å². The molecule has 0 saturated carbocycles. The summed E-state index contributed by atoms with van der Waals surface area (Å²) in [5, 5.41) is 7.39. The monoisotopic (exact) mass is 317 g/mol. The van der Waals surface area contributed by atoms with Crippen LogP contribution in [-0.2, 0) is 13.6 Å². The van der Waals surface area contributed by atoms with Crippen LogP contribution in [0.4, 0.5) is 0 Å². The van der Waals surface area contributed by atoms with Crippen LogP contribution >= 0.6 is 11.6 Å². The summed E-state index contributed by atoms with van der Waals surface area (Å²) >= 11 is 6.12. The lowest BCUT2D eigenvalue weighted by atomic mass is 10.3. The molecule has 1 amide bonds. The van der Waals surface area contributed by atoms with Gasteiger partial charge >= 0.3 is 0 Å². The molecule has 22 heavy (non-hydrogen) atoms. The van der Waals surface area contributed by atoms with Gasteiger partial charge in [0.1, 0.15) is 11.3 Å². The Morgan fingerprint density at radius 3 is 2.86 bits per heavy atom. The number of aryl methyl sites for hydroxylation is 3. The van der Waals surface area contributed by atoms with Crippen LogP contribution in [0.15, 0.2) is 24.5 Å². The van der Waals surface area contributed by atoms with Gasteiger partial charge in [0.15, 0.2) is 0 Å². The minimum Gasteiger partial charge on any atom is -0.345 e. The zero-order valence-corrected chi connectivity index (χ0v) is 13.3. The first-order valence-corrected chi connectivity index (χ1v) is 7.25. The topological polar surface area (TPSA) is 64.2 Å². The van der Waals surface area contributed by atoms with Crippen molar-refractivity contribution < 1.29 is 4.79 Å². The summed E-state index contributed by atoms with van der Waals surface area (Å²) in [6, 6.07) is 3.96. The number of pyridine rings is 1. The van der Waals surface area contributed by atoms with Crippen LogP contribution in [0.2, 0.25) is 5.02 Å². The molecule has 0 spiro atoms. The lowest BCUT2D eigenvalue weighted by Crippen LogP contribution is -2.26. The molecule has 6 nitrogen and oxygen atoms in total. The van der Waals surface area contributed by atoms with Crippen LogP contribution in [0, 0.1) is 13.8 Å². The van der Waals surface area contributed by atoms with Gasteiger partial charge in [-0.3, -0.25) is 9.48 Å². The van der Waals surface area contributed by atoms with Crippen molar-refractivity contribution in [1.29, 1.82) is 0 Å². The number of nitrogens with one attached hydrogen (secondary N) is 1. The second-order valence-corrected chi connectivity index (χ2v) is 5.57. The summed E-state index contributed by atoms with van der Waals surface area (Å²) < 4.78 is 3.46. The number of imidazole rings is 1. The standard InChI is InChI=1S/C15H16ClN5O/c1-9-5-4-6-21-11(7-17-14(9)21)8-18-15(22)13-12(16)10(2)19-20(13)3/h4-7H,8H2,1-3H3,(H,18,22). The Hall–Kier alpha value is -2.34. The summed E-state index contributed by atoms with van der Waals surface area (Å²) in [5.41, 5.74) is 3.89. The van der Waals surface area contributed by atoms with E-state index in [0.29, 0.717) is 23.0 Å². The SMILES string of the molecule is Cc1nn(C)c(C(=O)NCc2cnc3c(C)cccn23)c1Cl.